The van der Waals surface area contributed by atoms with E-state index in [-0.39, 0.29) is 24.5 Å². The number of likely N-dealkylation sites (tertiary alicyclic amines) is 1. The van der Waals surface area contributed by atoms with E-state index < -0.39 is 6.04 Å². The molecule has 32 heavy (non-hydrogen) atoms. The topological polar surface area (TPSA) is 87.9 Å². The van der Waals surface area contributed by atoms with Gasteiger partial charge < -0.3 is 20.7 Å². The highest BCUT2D eigenvalue weighted by Gasteiger charge is 2.41. The van der Waals surface area contributed by atoms with E-state index in [9.17, 15) is 9.59 Å². The molecule has 7 nitrogen and oxygen atoms in total. The first-order valence-electron chi connectivity index (χ1n) is 12.2. The number of ether oxygens (including phenoxy) is 1. The lowest BCUT2D eigenvalue weighted by molar-refractivity contribution is -0.141. The van der Waals surface area contributed by atoms with Crippen molar-refractivity contribution in [1.29, 1.82) is 0 Å². The highest BCUT2D eigenvalue weighted by Crippen LogP contribution is 2.29. The lowest BCUT2D eigenvalue weighted by atomic mass is 9.88. The summed E-state index contributed by atoms with van der Waals surface area (Å²) >= 11 is 0. The lowest BCUT2D eigenvalue weighted by Crippen LogP contribution is -2.48. The number of hydrogen-bond donors (Lipinski definition) is 2. The number of rotatable bonds is 11. The summed E-state index contributed by atoms with van der Waals surface area (Å²) in [6.45, 7) is 3.37. The fourth-order valence-electron chi connectivity index (χ4n) is 5.16. The van der Waals surface area contributed by atoms with E-state index in [0.717, 1.165) is 19.5 Å². The molecule has 2 atom stereocenters. The van der Waals surface area contributed by atoms with Gasteiger partial charge in [-0.2, -0.15) is 0 Å². The van der Waals surface area contributed by atoms with Crippen LogP contribution in [-0.4, -0.2) is 80.1 Å². The number of nitrogens with zero attached hydrogens (tertiary/aromatic N) is 2. The molecule has 178 valence electrons. The average molecular weight is 445 g/mol. The minimum atomic E-state index is -0.459. The van der Waals surface area contributed by atoms with Crippen LogP contribution in [-0.2, 0) is 20.7 Å². The first-order valence-corrected chi connectivity index (χ1v) is 12.2. The number of methoxy groups -OCH3 is 1. The Morgan fingerprint density at radius 2 is 1.94 bits per heavy atom. The summed E-state index contributed by atoms with van der Waals surface area (Å²) in [5.74, 6) is 0.472. The van der Waals surface area contributed by atoms with Crippen LogP contribution < -0.4 is 11.1 Å². The van der Waals surface area contributed by atoms with Gasteiger partial charge in [0.1, 0.15) is 12.6 Å². The van der Waals surface area contributed by atoms with E-state index in [1.807, 2.05) is 6.07 Å². The van der Waals surface area contributed by atoms with Crippen molar-refractivity contribution in [2.45, 2.75) is 57.0 Å². The molecule has 0 aromatic heterocycles. The maximum atomic E-state index is 12.8. The van der Waals surface area contributed by atoms with Gasteiger partial charge in [0.15, 0.2) is 0 Å². The summed E-state index contributed by atoms with van der Waals surface area (Å²) < 4.78 is 5.09. The zero-order valence-corrected chi connectivity index (χ0v) is 19.5. The second kappa shape index (κ2) is 12.9. The van der Waals surface area contributed by atoms with Crippen LogP contribution in [0.25, 0.3) is 0 Å². The molecule has 2 fully saturated rings. The third kappa shape index (κ3) is 7.02. The predicted molar refractivity (Wildman–Crippen MR) is 126 cm³/mol. The maximum absolute atomic E-state index is 12.8. The molecule has 3 N–H and O–H groups in total. The van der Waals surface area contributed by atoms with Gasteiger partial charge in [-0.05, 0) is 37.2 Å². The van der Waals surface area contributed by atoms with Crippen LogP contribution >= 0.6 is 0 Å². The first-order chi connectivity index (χ1) is 15.6. The minimum absolute atomic E-state index is 0.0000290. The van der Waals surface area contributed by atoms with Crippen molar-refractivity contribution < 1.29 is 14.3 Å². The van der Waals surface area contributed by atoms with Crippen LogP contribution in [0.3, 0.4) is 0 Å². The normalized spacial score (nSPS) is 21.8. The quantitative estimate of drug-likeness (QED) is 0.543. The first kappa shape index (κ1) is 24.7. The van der Waals surface area contributed by atoms with Gasteiger partial charge in [0, 0.05) is 45.9 Å². The van der Waals surface area contributed by atoms with Crippen LogP contribution in [0.2, 0.25) is 0 Å². The maximum Gasteiger partial charge on any atom is 0.249 e. The van der Waals surface area contributed by atoms with Crippen LogP contribution in [0.15, 0.2) is 30.3 Å². The molecule has 3 rings (SSSR count). The standard InChI is InChI=1S/C25H40N4O3/c1-32-19-24(30)29-18-22(16-23(29)25(31)27-14-13-26)28(17-21-10-6-3-7-11-21)15-12-20-8-4-2-5-9-20/h2,4-5,8-9,21-23H,3,6-7,10-19,26H2,1H3,(H,27,31). The van der Waals surface area contributed by atoms with E-state index >= 15 is 0 Å². The smallest absolute Gasteiger partial charge is 0.249 e. The highest BCUT2D eigenvalue weighted by atomic mass is 16.5. The molecule has 1 aromatic rings. The molecule has 0 radical (unpaired) electrons. The Morgan fingerprint density at radius 3 is 2.62 bits per heavy atom. The van der Waals surface area contributed by atoms with E-state index in [0.29, 0.717) is 32.0 Å². The molecule has 1 aromatic carbocycles. The molecule has 1 aliphatic carbocycles. The summed E-state index contributed by atoms with van der Waals surface area (Å²) in [7, 11) is 1.52. The van der Waals surface area contributed by atoms with Crippen LogP contribution in [0.4, 0.5) is 0 Å². The number of nitrogens with one attached hydrogen (secondary N) is 1. The number of amides is 2. The molecular weight excluding hydrogens is 404 g/mol. The molecule has 7 heteroatoms. The fraction of sp³-hybridized carbons (Fsp3) is 0.680. The van der Waals surface area contributed by atoms with Gasteiger partial charge in [-0.1, -0.05) is 49.6 Å². The second-order valence-corrected chi connectivity index (χ2v) is 9.20. The summed E-state index contributed by atoms with van der Waals surface area (Å²) in [4.78, 5) is 29.9. The van der Waals surface area contributed by atoms with Crippen LogP contribution in [0.1, 0.15) is 44.1 Å². The summed E-state index contributed by atoms with van der Waals surface area (Å²) in [5, 5.41) is 2.88. The molecule has 0 bridgehead atoms. The van der Waals surface area contributed by atoms with E-state index in [4.69, 9.17) is 10.5 Å². The number of carbonyl (C=O) groups is 2. The Morgan fingerprint density at radius 1 is 1.19 bits per heavy atom. The summed E-state index contributed by atoms with van der Waals surface area (Å²) in [6, 6.07) is 10.3. The summed E-state index contributed by atoms with van der Waals surface area (Å²) in [5.41, 5.74) is 6.89. The van der Waals surface area contributed by atoms with Crippen LogP contribution in [0.5, 0.6) is 0 Å². The van der Waals surface area contributed by atoms with Gasteiger partial charge in [-0.15, -0.1) is 0 Å². The van der Waals surface area contributed by atoms with Crippen molar-refractivity contribution in [2.24, 2.45) is 11.7 Å². The second-order valence-electron chi connectivity index (χ2n) is 9.20. The van der Waals surface area contributed by atoms with Crippen molar-refractivity contribution in [3.8, 4) is 0 Å². The number of benzene rings is 1. The zero-order valence-electron chi connectivity index (χ0n) is 19.5. The molecule has 1 heterocycles. The Balaban J connectivity index is 1.73. The lowest BCUT2D eigenvalue weighted by Gasteiger charge is -2.34. The van der Waals surface area contributed by atoms with Gasteiger partial charge >= 0.3 is 0 Å². The largest absolute Gasteiger partial charge is 0.375 e. The van der Waals surface area contributed by atoms with Crippen molar-refractivity contribution >= 4 is 11.8 Å². The fourth-order valence-corrected chi connectivity index (χ4v) is 5.16. The van der Waals surface area contributed by atoms with Gasteiger partial charge in [0.2, 0.25) is 11.8 Å². The minimum Gasteiger partial charge on any atom is -0.375 e. The summed E-state index contributed by atoms with van der Waals surface area (Å²) in [6.07, 6.45) is 8.15. The molecule has 0 spiro atoms. The Hall–Kier alpha value is -1.96. The molecule has 2 aliphatic rings. The van der Waals surface area contributed by atoms with Gasteiger partial charge in [0.05, 0.1) is 0 Å². The van der Waals surface area contributed by atoms with Crippen molar-refractivity contribution in [3.05, 3.63) is 35.9 Å². The van der Waals surface area contributed by atoms with Gasteiger partial charge in [-0.3, -0.25) is 14.5 Å². The average Bonchev–Trinajstić information content (AvgIpc) is 3.27. The third-order valence-corrected chi connectivity index (χ3v) is 6.88. The Bertz CT molecular complexity index is 708. The molecule has 2 amide bonds. The SMILES string of the molecule is COCC(=O)N1CC(N(CCc2ccccc2)CC2CCCCC2)CC1C(=O)NCCN. The third-order valence-electron chi connectivity index (χ3n) is 6.88. The number of carbonyl (C=O) groups excluding carboxylic acids is 2. The molecular formula is C25H40N4O3. The van der Waals surface area contributed by atoms with Crippen molar-refractivity contribution in [1.82, 2.24) is 15.1 Å². The monoisotopic (exact) mass is 444 g/mol. The molecule has 2 unspecified atom stereocenters. The Labute approximate surface area is 192 Å². The van der Waals surface area contributed by atoms with Crippen molar-refractivity contribution in [3.63, 3.8) is 0 Å². The van der Waals surface area contributed by atoms with Gasteiger partial charge in [0.25, 0.3) is 0 Å². The molecule has 1 aliphatic heterocycles. The zero-order chi connectivity index (χ0) is 22.8. The van der Waals surface area contributed by atoms with Crippen LogP contribution in [0, 0.1) is 5.92 Å². The number of nitrogens with two attached hydrogens (primary N) is 1. The molecule has 1 saturated heterocycles. The number of hydrogen-bond acceptors (Lipinski definition) is 5. The van der Waals surface area contributed by atoms with E-state index in [2.05, 4.69) is 34.5 Å². The van der Waals surface area contributed by atoms with E-state index in [1.54, 1.807) is 4.90 Å². The van der Waals surface area contributed by atoms with E-state index in [1.165, 1.54) is 44.8 Å². The predicted octanol–water partition coefficient (Wildman–Crippen LogP) is 1.80. The van der Waals surface area contributed by atoms with Crippen molar-refractivity contribution in [2.75, 3.05) is 46.4 Å². The van der Waals surface area contributed by atoms with Gasteiger partial charge in [-0.25, -0.2) is 0 Å². The Kier molecular flexibility index (Phi) is 9.96. The molecule has 1 saturated carbocycles. The highest BCUT2D eigenvalue weighted by molar-refractivity contribution is 5.88.